The molecule has 1 unspecified atom stereocenters. The second-order valence-corrected chi connectivity index (χ2v) is 22.4. The fourth-order valence-corrected chi connectivity index (χ4v) is 9.58. The molecule has 454 valence electrons. The van der Waals surface area contributed by atoms with Crippen LogP contribution in [0.4, 0.5) is 0 Å². The van der Waals surface area contributed by atoms with E-state index >= 15 is 0 Å². The predicted molar refractivity (Wildman–Crippen MR) is 344 cm³/mol. The number of carbonyl (C=O) groups excluding carboxylic acids is 3. The average molecular weight is 1100 g/mol. The van der Waals surface area contributed by atoms with Crippen LogP contribution in [0.5, 0.6) is 0 Å². The van der Waals surface area contributed by atoms with Gasteiger partial charge in [-0.25, -0.2) is 0 Å². The van der Waals surface area contributed by atoms with E-state index in [0.29, 0.717) is 19.3 Å². The summed E-state index contributed by atoms with van der Waals surface area (Å²) in [5.74, 6) is -0.891. The molecule has 0 amide bonds. The SMILES string of the molecule is CC/C=C\C/C=C\C/C=C\C/C=C\C/C=C\C/C=C\C/C=C\C/C=C\CCCCCCCCC(=O)OCC(COC(=O)CCCCCCCC)OC(=O)CCCCCCCCCCCCCCCCCCCCCCCCCC. The van der Waals surface area contributed by atoms with Crippen LogP contribution in [0.25, 0.3) is 0 Å². The van der Waals surface area contributed by atoms with E-state index in [4.69, 9.17) is 14.2 Å². The van der Waals surface area contributed by atoms with E-state index in [9.17, 15) is 14.4 Å². The lowest BCUT2D eigenvalue weighted by Crippen LogP contribution is -2.30. The van der Waals surface area contributed by atoms with Crippen molar-refractivity contribution in [1.82, 2.24) is 0 Å². The van der Waals surface area contributed by atoms with Gasteiger partial charge in [-0.1, -0.05) is 323 Å². The molecular formula is C73H126O6. The summed E-state index contributed by atoms with van der Waals surface area (Å²) in [6.07, 6.45) is 90.3. The minimum Gasteiger partial charge on any atom is -0.462 e. The fourth-order valence-electron chi connectivity index (χ4n) is 9.58. The standard InChI is InChI=1S/C73H126O6/c1-4-7-10-13-16-18-20-22-24-26-28-30-32-34-35-36-37-38-39-40-42-43-45-47-49-51-53-55-57-60-63-66-72(75)78-69-70(68-77-71(74)65-62-59-15-12-9-6-3)79-73(76)67-64-61-58-56-54-52-50-48-46-44-41-33-31-29-27-25-23-21-19-17-14-11-8-5-2/h7,10,16,18,22,24,28,30,34-35,37-38,40,42,45,47,70H,4-6,8-9,11-15,17,19-21,23,25-27,29,31-33,36,39,41,43-44,46,48-69H2,1-3H3/b10-7-,18-16-,24-22-,30-28-,35-34-,38-37-,42-40-,47-45-. The molecule has 0 spiro atoms. The first kappa shape index (κ1) is 75.3. The van der Waals surface area contributed by atoms with Crippen molar-refractivity contribution in [3.63, 3.8) is 0 Å². The highest BCUT2D eigenvalue weighted by molar-refractivity contribution is 5.71. The molecule has 0 aliphatic heterocycles. The van der Waals surface area contributed by atoms with Crippen LogP contribution in [0.2, 0.25) is 0 Å². The van der Waals surface area contributed by atoms with Crippen LogP contribution in [0, 0.1) is 0 Å². The Hall–Kier alpha value is -3.67. The lowest BCUT2D eigenvalue weighted by molar-refractivity contribution is -0.167. The highest BCUT2D eigenvalue weighted by Crippen LogP contribution is 2.17. The summed E-state index contributed by atoms with van der Waals surface area (Å²) in [5.41, 5.74) is 0. The van der Waals surface area contributed by atoms with Crippen LogP contribution in [0.3, 0.4) is 0 Å². The highest BCUT2D eigenvalue weighted by atomic mass is 16.6. The highest BCUT2D eigenvalue weighted by Gasteiger charge is 2.19. The molecule has 0 bridgehead atoms. The van der Waals surface area contributed by atoms with Crippen molar-refractivity contribution in [2.75, 3.05) is 13.2 Å². The number of carbonyl (C=O) groups is 3. The summed E-state index contributed by atoms with van der Waals surface area (Å²) >= 11 is 0. The molecule has 0 aromatic heterocycles. The van der Waals surface area contributed by atoms with Gasteiger partial charge in [-0.2, -0.15) is 0 Å². The second-order valence-electron chi connectivity index (χ2n) is 22.4. The topological polar surface area (TPSA) is 78.9 Å². The van der Waals surface area contributed by atoms with Gasteiger partial charge in [0.25, 0.3) is 0 Å². The molecular weight excluding hydrogens is 973 g/mol. The fraction of sp³-hybridized carbons (Fsp3) is 0.740. The van der Waals surface area contributed by atoms with Crippen LogP contribution in [0.1, 0.15) is 329 Å². The molecule has 0 saturated heterocycles. The van der Waals surface area contributed by atoms with E-state index in [-0.39, 0.29) is 31.1 Å². The van der Waals surface area contributed by atoms with Crippen LogP contribution < -0.4 is 0 Å². The van der Waals surface area contributed by atoms with Crippen LogP contribution >= 0.6 is 0 Å². The maximum Gasteiger partial charge on any atom is 0.306 e. The van der Waals surface area contributed by atoms with Crippen molar-refractivity contribution in [3.05, 3.63) is 97.2 Å². The number of hydrogen-bond donors (Lipinski definition) is 0. The van der Waals surface area contributed by atoms with Gasteiger partial charge >= 0.3 is 17.9 Å². The minimum absolute atomic E-state index is 0.0793. The summed E-state index contributed by atoms with van der Waals surface area (Å²) in [6, 6.07) is 0. The van der Waals surface area contributed by atoms with E-state index in [1.807, 2.05) is 0 Å². The van der Waals surface area contributed by atoms with Gasteiger partial charge in [0.2, 0.25) is 0 Å². The third-order valence-corrected chi connectivity index (χ3v) is 14.6. The van der Waals surface area contributed by atoms with Gasteiger partial charge in [-0.15, -0.1) is 0 Å². The summed E-state index contributed by atoms with van der Waals surface area (Å²) in [6.45, 7) is 6.49. The summed E-state index contributed by atoms with van der Waals surface area (Å²) in [4.78, 5) is 38.1. The second kappa shape index (κ2) is 66.8. The van der Waals surface area contributed by atoms with Crippen LogP contribution in [-0.2, 0) is 28.6 Å². The smallest absolute Gasteiger partial charge is 0.306 e. The Labute approximate surface area is 489 Å². The lowest BCUT2D eigenvalue weighted by atomic mass is 10.0. The van der Waals surface area contributed by atoms with Crippen LogP contribution in [0.15, 0.2) is 97.2 Å². The number of esters is 3. The zero-order valence-corrected chi connectivity index (χ0v) is 52.1. The van der Waals surface area contributed by atoms with Gasteiger partial charge in [0, 0.05) is 19.3 Å². The van der Waals surface area contributed by atoms with Crippen molar-refractivity contribution < 1.29 is 28.6 Å². The quantitative estimate of drug-likeness (QED) is 0.0261. The predicted octanol–water partition coefficient (Wildman–Crippen LogP) is 23.2. The Morgan fingerprint density at radius 3 is 0.772 bits per heavy atom. The van der Waals surface area contributed by atoms with E-state index in [1.54, 1.807) is 0 Å². The average Bonchev–Trinajstić information content (AvgIpc) is 3.45. The molecule has 0 aromatic rings. The molecule has 0 saturated carbocycles. The molecule has 0 rings (SSSR count). The van der Waals surface area contributed by atoms with Crippen molar-refractivity contribution in [2.45, 2.75) is 335 Å². The molecule has 0 radical (unpaired) electrons. The van der Waals surface area contributed by atoms with Gasteiger partial charge in [0.1, 0.15) is 13.2 Å². The molecule has 0 heterocycles. The van der Waals surface area contributed by atoms with Gasteiger partial charge in [-0.3, -0.25) is 14.4 Å². The minimum atomic E-state index is -0.780. The Balaban J connectivity index is 4.10. The van der Waals surface area contributed by atoms with Crippen molar-refractivity contribution >= 4 is 17.9 Å². The summed E-state index contributed by atoms with van der Waals surface area (Å²) in [7, 11) is 0. The van der Waals surface area contributed by atoms with E-state index in [1.165, 1.54) is 167 Å². The Morgan fingerprint density at radius 2 is 0.494 bits per heavy atom. The largest absolute Gasteiger partial charge is 0.462 e. The molecule has 6 heteroatoms. The third kappa shape index (κ3) is 65.0. The van der Waals surface area contributed by atoms with E-state index in [0.717, 1.165) is 122 Å². The molecule has 79 heavy (non-hydrogen) atoms. The van der Waals surface area contributed by atoms with E-state index < -0.39 is 6.10 Å². The first-order valence-corrected chi connectivity index (χ1v) is 33.7. The zero-order valence-electron chi connectivity index (χ0n) is 52.1. The third-order valence-electron chi connectivity index (χ3n) is 14.6. The Morgan fingerprint density at radius 1 is 0.266 bits per heavy atom. The molecule has 0 fully saturated rings. The number of ether oxygens (including phenoxy) is 3. The normalized spacial score (nSPS) is 12.7. The summed E-state index contributed by atoms with van der Waals surface area (Å²) in [5, 5.41) is 0. The number of rotatable bonds is 61. The number of hydrogen-bond acceptors (Lipinski definition) is 6. The van der Waals surface area contributed by atoms with E-state index in [2.05, 4.69) is 118 Å². The van der Waals surface area contributed by atoms with Crippen LogP contribution in [-0.4, -0.2) is 37.2 Å². The Kier molecular flexibility index (Phi) is 63.7. The van der Waals surface area contributed by atoms with Gasteiger partial charge in [0.15, 0.2) is 6.10 Å². The van der Waals surface area contributed by atoms with Gasteiger partial charge < -0.3 is 14.2 Å². The first-order valence-electron chi connectivity index (χ1n) is 33.7. The van der Waals surface area contributed by atoms with Gasteiger partial charge in [0.05, 0.1) is 0 Å². The maximum absolute atomic E-state index is 12.9. The molecule has 0 aromatic carbocycles. The molecule has 0 aliphatic rings. The first-order chi connectivity index (χ1) is 39.0. The maximum atomic E-state index is 12.9. The number of allylic oxidation sites excluding steroid dienone is 16. The van der Waals surface area contributed by atoms with Crippen molar-refractivity contribution in [2.24, 2.45) is 0 Å². The number of unbranched alkanes of at least 4 members (excludes halogenated alkanes) is 34. The monoisotopic (exact) mass is 1100 g/mol. The summed E-state index contributed by atoms with van der Waals surface area (Å²) < 4.78 is 16.8. The lowest BCUT2D eigenvalue weighted by Gasteiger charge is -2.18. The molecule has 1 atom stereocenters. The Bertz CT molecular complexity index is 1540. The van der Waals surface area contributed by atoms with Crippen molar-refractivity contribution in [3.8, 4) is 0 Å². The molecule has 6 nitrogen and oxygen atoms in total. The van der Waals surface area contributed by atoms with Gasteiger partial charge in [-0.05, 0) is 83.5 Å². The zero-order chi connectivity index (χ0) is 57.1. The molecule has 0 aliphatic carbocycles. The van der Waals surface area contributed by atoms with Crippen molar-refractivity contribution in [1.29, 1.82) is 0 Å². The molecule has 0 N–H and O–H groups in total.